The van der Waals surface area contributed by atoms with Crippen LogP contribution in [-0.4, -0.2) is 5.84 Å². The van der Waals surface area contributed by atoms with Gasteiger partial charge in [-0.25, -0.2) is 0 Å². The Labute approximate surface area is 88.1 Å². The van der Waals surface area contributed by atoms with Gasteiger partial charge in [0, 0.05) is 0 Å². The molecular weight excluding hydrogens is 172 g/mol. The Bertz CT molecular complexity index is 225. The smallest absolute Gasteiger partial charge is 0.118 e. The summed E-state index contributed by atoms with van der Waals surface area (Å²) in [5, 5.41) is 7.62. The predicted octanol–water partition coefficient (Wildman–Crippen LogP) is 3.19. The molecule has 0 heterocycles. The Morgan fingerprint density at radius 3 is 1.29 bits per heavy atom. The van der Waals surface area contributed by atoms with Crippen molar-refractivity contribution >= 4 is 5.84 Å². The Balaban J connectivity index is 5.39. The maximum atomic E-state index is 7.62. The third kappa shape index (κ3) is 3.17. The van der Waals surface area contributed by atoms with Crippen molar-refractivity contribution in [2.45, 2.75) is 41.5 Å². The summed E-state index contributed by atoms with van der Waals surface area (Å²) in [5.74, 6) is 1.51. The second kappa shape index (κ2) is 5.18. The number of nitrogens with two attached hydrogens (primary N) is 1. The summed E-state index contributed by atoms with van der Waals surface area (Å²) in [6.45, 7) is 12.9. The molecule has 0 radical (unpaired) electrons. The van der Waals surface area contributed by atoms with E-state index in [1.165, 1.54) is 5.57 Å². The highest BCUT2D eigenvalue weighted by Gasteiger charge is 2.18. The van der Waals surface area contributed by atoms with E-state index in [0.29, 0.717) is 17.8 Å². The molecule has 0 atom stereocenters. The first-order chi connectivity index (χ1) is 6.29. The van der Waals surface area contributed by atoms with Gasteiger partial charge in [0.2, 0.25) is 0 Å². The summed E-state index contributed by atoms with van der Waals surface area (Å²) in [6, 6.07) is 0. The fraction of sp³-hybridized carbons (Fsp3) is 0.750. The average molecular weight is 196 g/mol. The van der Waals surface area contributed by atoms with E-state index in [1.807, 2.05) is 0 Å². The van der Waals surface area contributed by atoms with E-state index in [4.69, 9.17) is 11.1 Å². The zero-order valence-corrected chi connectivity index (χ0v) is 10.3. The van der Waals surface area contributed by atoms with Gasteiger partial charge in [0.15, 0.2) is 0 Å². The fourth-order valence-corrected chi connectivity index (χ4v) is 2.09. The minimum atomic E-state index is 0.234. The molecule has 0 aliphatic rings. The average Bonchev–Trinajstić information content (AvgIpc) is 1.96. The largest absolute Gasteiger partial charge is 0.384 e. The highest BCUT2D eigenvalue weighted by molar-refractivity contribution is 5.95. The zero-order chi connectivity index (χ0) is 11.5. The predicted molar refractivity (Wildman–Crippen MR) is 63.5 cm³/mol. The van der Waals surface area contributed by atoms with Gasteiger partial charge in [-0.05, 0) is 23.3 Å². The van der Waals surface area contributed by atoms with Crippen LogP contribution >= 0.6 is 0 Å². The normalized spacial score (nSPS) is 11.2. The van der Waals surface area contributed by atoms with E-state index < -0.39 is 0 Å². The first kappa shape index (κ1) is 13.2. The summed E-state index contributed by atoms with van der Waals surface area (Å²) in [6.07, 6.45) is 0. The van der Waals surface area contributed by atoms with E-state index in [-0.39, 0.29) is 5.84 Å². The molecule has 0 unspecified atom stereocenters. The van der Waals surface area contributed by atoms with Gasteiger partial charge >= 0.3 is 0 Å². The van der Waals surface area contributed by atoms with Crippen LogP contribution < -0.4 is 5.73 Å². The molecule has 3 N–H and O–H groups in total. The molecular formula is C12H24N2. The second-order valence-corrected chi connectivity index (χ2v) is 4.75. The van der Waals surface area contributed by atoms with Crippen LogP contribution in [0, 0.1) is 23.2 Å². The summed E-state index contributed by atoms with van der Waals surface area (Å²) in [7, 11) is 0. The topological polar surface area (TPSA) is 49.9 Å². The van der Waals surface area contributed by atoms with E-state index in [1.54, 1.807) is 0 Å². The number of hydrogen-bond acceptors (Lipinski definition) is 1. The molecule has 0 saturated carbocycles. The molecule has 0 amide bonds. The van der Waals surface area contributed by atoms with Gasteiger partial charge in [0.1, 0.15) is 5.84 Å². The monoisotopic (exact) mass is 196 g/mol. The maximum absolute atomic E-state index is 7.62. The number of rotatable bonds is 4. The van der Waals surface area contributed by atoms with E-state index in [9.17, 15) is 0 Å². The number of hydrogen-bond donors (Lipinski definition) is 2. The van der Waals surface area contributed by atoms with Crippen molar-refractivity contribution in [2.24, 2.45) is 23.5 Å². The lowest BCUT2D eigenvalue weighted by molar-refractivity contribution is 0.599. The summed E-state index contributed by atoms with van der Waals surface area (Å²) < 4.78 is 0. The van der Waals surface area contributed by atoms with Crippen LogP contribution in [0.25, 0.3) is 0 Å². The highest BCUT2D eigenvalue weighted by atomic mass is 14.7. The van der Waals surface area contributed by atoms with Crippen molar-refractivity contribution in [3.05, 3.63) is 11.1 Å². The lowest BCUT2D eigenvalue weighted by Gasteiger charge is -2.23. The van der Waals surface area contributed by atoms with Crippen LogP contribution in [0.1, 0.15) is 41.5 Å². The Hall–Kier alpha value is -0.790. The third-order valence-electron chi connectivity index (χ3n) is 2.42. The van der Waals surface area contributed by atoms with Crippen LogP contribution in [-0.2, 0) is 0 Å². The van der Waals surface area contributed by atoms with Crippen molar-refractivity contribution < 1.29 is 0 Å². The quantitative estimate of drug-likeness (QED) is 0.526. The number of nitrogens with one attached hydrogen (secondary N) is 1. The van der Waals surface area contributed by atoms with Gasteiger partial charge in [-0.2, -0.15) is 0 Å². The van der Waals surface area contributed by atoms with Crippen molar-refractivity contribution in [1.29, 1.82) is 5.41 Å². The molecule has 82 valence electrons. The van der Waals surface area contributed by atoms with Crippen molar-refractivity contribution in [1.82, 2.24) is 0 Å². The summed E-state index contributed by atoms with van der Waals surface area (Å²) >= 11 is 0. The Kier molecular flexibility index (Phi) is 4.89. The SMILES string of the molecule is CC(C)C(C(=N)N)=C(C(C)C)C(C)C. The lowest BCUT2D eigenvalue weighted by Crippen LogP contribution is -2.22. The molecule has 14 heavy (non-hydrogen) atoms. The molecule has 0 saturated heterocycles. The molecule has 0 aliphatic carbocycles. The summed E-state index contributed by atoms with van der Waals surface area (Å²) in [5.41, 5.74) is 8.00. The van der Waals surface area contributed by atoms with Gasteiger partial charge in [-0.1, -0.05) is 47.1 Å². The Morgan fingerprint density at radius 1 is 0.857 bits per heavy atom. The molecule has 0 fully saturated rings. The van der Waals surface area contributed by atoms with Crippen molar-refractivity contribution in [2.75, 3.05) is 0 Å². The standard InChI is InChI=1S/C12H24N2/c1-7(2)10(8(3)4)11(9(5)6)12(13)14/h7-9H,1-6H3,(H3,13,14). The van der Waals surface area contributed by atoms with Crippen LogP contribution in [0.15, 0.2) is 11.1 Å². The number of allylic oxidation sites excluding steroid dienone is 1. The van der Waals surface area contributed by atoms with Crippen molar-refractivity contribution in [3.63, 3.8) is 0 Å². The molecule has 0 aromatic carbocycles. The van der Waals surface area contributed by atoms with E-state index >= 15 is 0 Å². The first-order valence-electron chi connectivity index (χ1n) is 5.37. The molecule has 0 aliphatic heterocycles. The minimum absolute atomic E-state index is 0.234. The third-order valence-corrected chi connectivity index (χ3v) is 2.42. The van der Waals surface area contributed by atoms with Crippen LogP contribution in [0.5, 0.6) is 0 Å². The van der Waals surface area contributed by atoms with Gasteiger partial charge in [-0.15, -0.1) is 0 Å². The van der Waals surface area contributed by atoms with E-state index in [0.717, 1.165) is 5.57 Å². The van der Waals surface area contributed by atoms with Crippen LogP contribution in [0.2, 0.25) is 0 Å². The number of amidine groups is 1. The highest BCUT2D eigenvalue weighted by Crippen LogP contribution is 2.27. The molecule has 0 bridgehead atoms. The van der Waals surface area contributed by atoms with Gasteiger partial charge in [-0.3, -0.25) is 5.41 Å². The van der Waals surface area contributed by atoms with Crippen molar-refractivity contribution in [3.8, 4) is 0 Å². The minimum Gasteiger partial charge on any atom is -0.384 e. The molecule has 0 spiro atoms. The molecule has 0 aromatic rings. The second-order valence-electron chi connectivity index (χ2n) is 4.75. The summed E-state index contributed by atoms with van der Waals surface area (Å²) in [4.78, 5) is 0. The van der Waals surface area contributed by atoms with E-state index in [2.05, 4.69) is 41.5 Å². The van der Waals surface area contributed by atoms with Gasteiger partial charge < -0.3 is 5.73 Å². The molecule has 2 heteroatoms. The fourth-order valence-electron chi connectivity index (χ4n) is 2.09. The van der Waals surface area contributed by atoms with Gasteiger partial charge in [0.05, 0.1) is 0 Å². The maximum Gasteiger partial charge on any atom is 0.118 e. The molecule has 0 aromatic heterocycles. The Morgan fingerprint density at radius 2 is 1.21 bits per heavy atom. The van der Waals surface area contributed by atoms with Crippen LogP contribution in [0.3, 0.4) is 0 Å². The van der Waals surface area contributed by atoms with Gasteiger partial charge in [0.25, 0.3) is 0 Å². The molecule has 2 nitrogen and oxygen atoms in total. The zero-order valence-electron chi connectivity index (χ0n) is 10.3. The van der Waals surface area contributed by atoms with Crippen LogP contribution in [0.4, 0.5) is 0 Å². The first-order valence-corrected chi connectivity index (χ1v) is 5.37. The molecule has 0 rings (SSSR count). The lowest BCUT2D eigenvalue weighted by atomic mass is 9.83.